The first-order valence-corrected chi connectivity index (χ1v) is 20.0. The van der Waals surface area contributed by atoms with Gasteiger partial charge in [0.25, 0.3) is 0 Å². The lowest BCUT2D eigenvalue weighted by Gasteiger charge is -2.24. The second kappa shape index (κ2) is 15.4. The van der Waals surface area contributed by atoms with Crippen molar-refractivity contribution in [1.29, 1.82) is 0 Å². The summed E-state index contributed by atoms with van der Waals surface area (Å²) in [5.41, 5.74) is 2.13. The summed E-state index contributed by atoms with van der Waals surface area (Å²) >= 11 is 51.7. The van der Waals surface area contributed by atoms with Gasteiger partial charge >= 0.3 is 0 Å². The van der Waals surface area contributed by atoms with Gasteiger partial charge in [0.05, 0.1) is 32.5 Å². The zero-order valence-corrected chi connectivity index (χ0v) is 37.6. The third-order valence-corrected chi connectivity index (χ3v) is 21.7. The molecule has 33 heavy (non-hydrogen) atoms. The van der Waals surface area contributed by atoms with Gasteiger partial charge in [-0.2, -0.15) is 0 Å². The average Bonchev–Trinajstić information content (AvgIpc) is 2.78. The molecule has 0 heterocycles. The Balaban J connectivity index is 2.11. The molecule has 1 nitrogen and oxygen atoms in total. The number of ether oxygens (including phenoxy) is 1. The van der Waals surface area contributed by atoms with Crippen LogP contribution in [0.2, 0.25) is 0 Å². The molecular weight excluding hydrogens is 1350 g/mol. The topological polar surface area (TPSA) is 9.23 Å². The van der Waals surface area contributed by atoms with Crippen LogP contribution in [0, 0.1) is 0 Å². The molecule has 0 saturated carbocycles. The molecule has 0 aromatic heterocycles. The summed E-state index contributed by atoms with van der Waals surface area (Å²) in [6.07, 6.45) is 0. The molecule has 0 spiro atoms. The van der Waals surface area contributed by atoms with Crippen molar-refractivity contribution in [2.24, 2.45) is 0 Å². The van der Waals surface area contributed by atoms with Crippen molar-refractivity contribution in [3.8, 4) is 0 Å². The Morgan fingerprint density at radius 1 is 0.394 bits per heavy atom. The Labute approximate surface area is 310 Å². The van der Waals surface area contributed by atoms with Crippen molar-refractivity contribution in [2.45, 2.75) is 19.3 Å². The van der Waals surface area contributed by atoms with Gasteiger partial charge in [0, 0.05) is 44.7 Å². The molecule has 0 saturated heterocycles. The van der Waals surface area contributed by atoms with E-state index in [0.29, 0.717) is 13.2 Å². The predicted molar refractivity (Wildman–Crippen MR) is 189 cm³/mol. The molecule has 2 rings (SSSR count). The molecule has 4 unspecified atom stereocenters. The van der Waals surface area contributed by atoms with E-state index in [1.54, 1.807) is 0 Å². The van der Waals surface area contributed by atoms with Crippen molar-refractivity contribution >= 4 is 223 Å². The Kier molecular flexibility index (Phi) is 16.0. The molecule has 15 heteroatoms. The maximum Gasteiger partial charge on any atom is 0.0606 e. The molecule has 0 bridgehead atoms. The molecule has 0 amide bonds. The van der Waals surface area contributed by atoms with Crippen molar-refractivity contribution < 1.29 is 4.74 Å². The average molecular weight is 1360 g/mol. The van der Waals surface area contributed by atoms with E-state index in [1.165, 1.54) is 0 Å². The van der Waals surface area contributed by atoms with E-state index < -0.39 is 0 Å². The third-order valence-electron chi connectivity index (χ3n) is 4.23. The van der Waals surface area contributed by atoms with Crippen molar-refractivity contribution in [3.05, 3.63) is 55.9 Å². The first kappa shape index (κ1) is 34.3. The smallest absolute Gasteiger partial charge is 0.0606 e. The summed E-state index contributed by atoms with van der Waals surface area (Å²) in [5, 5.41) is 0. The molecule has 0 aliphatic carbocycles. The number of benzene rings is 2. The van der Waals surface area contributed by atoms with E-state index in [1.807, 2.05) is 0 Å². The summed E-state index contributed by atoms with van der Waals surface area (Å²) in [6, 6.07) is 0. The van der Waals surface area contributed by atoms with Gasteiger partial charge in [0.15, 0.2) is 0 Å². The molecule has 4 atom stereocenters. The highest BCUT2D eigenvalue weighted by atomic mass is 79.9. The lowest BCUT2D eigenvalue weighted by molar-refractivity contribution is 0.138. The monoisotopic (exact) mass is 1340 g/mol. The number of rotatable bonds is 8. The van der Waals surface area contributed by atoms with Crippen LogP contribution in [0.15, 0.2) is 44.7 Å². The summed E-state index contributed by atoms with van der Waals surface area (Å²) in [6.45, 7) is 0.996. The normalized spacial score (nSPS) is 15.5. The van der Waals surface area contributed by atoms with Gasteiger partial charge in [-0.1, -0.05) is 63.7 Å². The van der Waals surface area contributed by atoms with E-state index in [9.17, 15) is 0 Å². The summed E-state index contributed by atoms with van der Waals surface area (Å²) in [4.78, 5) is 0.00955. The third kappa shape index (κ3) is 8.11. The minimum atomic E-state index is -0.0165. The molecule has 0 fully saturated rings. The minimum Gasteiger partial charge on any atom is -0.379 e. The van der Waals surface area contributed by atoms with Crippen LogP contribution in [0.4, 0.5) is 0 Å². The highest BCUT2D eigenvalue weighted by Gasteiger charge is 2.29. The lowest BCUT2D eigenvalue weighted by Crippen LogP contribution is -2.21. The van der Waals surface area contributed by atoms with Gasteiger partial charge in [0.1, 0.15) is 0 Å². The highest BCUT2D eigenvalue weighted by molar-refractivity contribution is 9.16. The SMILES string of the molecule is Brc1c(Br)c(Br)c(C(Br)C(Br)COCC(Br)C(Br)c2c(Br)c(Br)c(Br)c(Br)c2Br)c(Br)c1Br. The fourth-order valence-electron chi connectivity index (χ4n) is 2.55. The van der Waals surface area contributed by atoms with Crippen LogP contribution in [0.25, 0.3) is 0 Å². The predicted octanol–water partition coefficient (Wildman–Crippen LogP) is 14.4. The second-order valence-corrected chi connectivity index (χ2v) is 18.6. The van der Waals surface area contributed by atoms with Gasteiger partial charge < -0.3 is 4.74 Å². The Morgan fingerprint density at radius 3 is 0.848 bits per heavy atom. The molecule has 0 radical (unpaired) electrons. The standard InChI is InChI=1S/C18H8Br14O/c19-3(7(21)5-9(23)13(27)17(31)14(28)10(5)24)1-33-2-4(20)8(22)6-11(25)15(29)18(32)16(30)12(6)26/h3-4,7-8H,1-2H2. The molecule has 2 aromatic rings. The van der Waals surface area contributed by atoms with Crippen LogP contribution in [0.3, 0.4) is 0 Å². The van der Waals surface area contributed by atoms with Crippen molar-refractivity contribution in [1.82, 2.24) is 0 Å². The molecule has 0 N–H and O–H groups in total. The molecule has 0 aliphatic heterocycles. The zero-order chi connectivity index (χ0) is 25.4. The van der Waals surface area contributed by atoms with E-state index in [0.717, 1.165) is 55.9 Å². The number of hydrogen-bond acceptors (Lipinski definition) is 1. The van der Waals surface area contributed by atoms with Gasteiger partial charge in [0.2, 0.25) is 0 Å². The second-order valence-electron chi connectivity index (χ2n) is 6.34. The lowest BCUT2D eigenvalue weighted by atomic mass is 10.1. The van der Waals surface area contributed by atoms with Gasteiger partial charge in [-0.15, -0.1) is 0 Å². The molecule has 0 aliphatic rings. The van der Waals surface area contributed by atoms with Gasteiger partial charge in [-0.25, -0.2) is 0 Å². The Bertz CT molecular complexity index is 902. The Hall–Kier alpha value is 5.12. The minimum absolute atomic E-state index is 0.0165. The number of alkyl halides is 4. The summed E-state index contributed by atoms with van der Waals surface area (Å²) < 4.78 is 15.5. The van der Waals surface area contributed by atoms with Crippen LogP contribution in [-0.2, 0) is 4.74 Å². The zero-order valence-electron chi connectivity index (χ0n) is 15.4. The van der Waals surface area contributed by atoms with E-state index in [2.05, 4.69) is 223 Å². The molecular formula is C18H8Br14O. The van der Waals surface area contributed by atoms with E-state index >= 15 is 0 Å². The molecule has 2 aromatic carbocycles. The van der Waals surface area contributed by atoms with Crippen LogP contribution in [-0.4, -0.2) is 22.9 Å². The quantitative estimate of drug-likeness (QED) is 0.145. The summed E-state index contributed by atoms with van der Waals surface area (Å²) in [7, 11) is 0. The van der Waals surface area contributed by atoms with Crippen molar-refractivity contribution in [3.63, 3.8) is 0 Å². The highest BCUT2D eigenvalue weighted by Crippen LogP contribution is 2.51. The van der Waals surface area contributed by atoms with Crippen LogP contribution in [0.5, 0.6) is 0 Å². The first-order chi connectivity index (χ1) is 15.2. The van der Waals surface area contributed by atoms with Gasteiger partial charge in [-0.05, 0) is 170 Å². The van der Waals surface area contributed by atoms with E-state index in [4.69, 9.17) is 4.74 Å². The largest absolute Gasteiger partial charge is 0.379 e. The van der Waals surface area contributed by atoms with E-state index in [-0.39, 0.29) is 19.3 Å². The maximum atomic E-state index is 6.09. The van der Waals surface area contributed by atoms with Crippen LogP contribution >= 0.6 is 223 Å². The Morgan fingerprint density at radius 2 is 0.606 bits per heavy atom. The summed E-state index contributed by atoms with van der Waals surface area (Å²) in [5.74, 6) is 0. The van der Waals surface area contributed by atoms with Gasteiger partial charge in [-0.3, -0.25) is 0 Å². The first-order valence-electron chi connectivity index (χ1n) is 8.40. The van der Waals surface area contributed by atoms with Crippen LogP contribution in [0.1, 0.15) is 20.8 Å². The molecule has 184 valence electrons. The number of halogens is 14. The number of hydrogen-bond donors (Lipinski definition) is 0. The maximum absolute atomic E-state index is 6.09. The van der Waals surface area contributed by atoms with Crippen LogP contribution < -0.4 is 0 Å². The fraction of sp³-hybridized carbons (Fsp3) is 0.333. The fourth-order valence-corrected chi connectivity index (χ4v) is 13.0. The van der Waals surface area contributed by atoms with Crippen molar-refractivity contribution in [2.75, 3.05) is 13.2 Å².